The van der Waals surface area contributed by atoms with Gasteiger partial charge in [0.1, 0.15) is 0 Å². The fraction of sp³-hybridized carbons (Fsp3) is 0.846. The van der Waals surface area contributed by atoms with E-state index in [1.165, 1.54) is 32.4 Å². The summed E-state index contributed by atoms with van der Waals surface area (Å²) in [6.45, 7) is 7.42. The van der Waals surface area contributed by atoms with Crippen LogP contribution in [0.15, 0.2) is 11.6 Å². The molecule has 4 rings (SSSR count). The summed E-state index contributed by atoms with van der Waals surface area (Å²) in [6, 6.07) is 0. The van der Waals surface area contributed by atoms with Crippen LogP contribution >= 0.6 is 0 Å². The third-order valence-corrected chi connectivity index (χ3v) is 5.04. The van der Waals surface area contributed by atoms with Crippen LogP contribution in [0.1, 0.15) is 33.1 Å². The van der Waals surface area contributed by atoms with Gasteiger partial charge in [-0.25, -0.2) is 0 Å². The Morgan fingerprint density at radius 2 is 2.29 bits per heavy atom. The molecule has 0 spiro atoms. The van der Waals surface area contributed by atoms with Crippen molar-refractivity contribution >= 4 is 0 Å². The van der Waals surface area contributed by atoms with Crippen molar-refractivity contribution in [1.29, 1.82) is 0 Å². The highest BCUT2D eigenvalue weighted by Crippen LogP contribution is 2.60. The Labute approximate surface area is 87.0 Å². The first-order valence-electron chi connectivity index (χ1n) is 6.10. The van der Waals surface area contributed by atoms with Crippen molar-refractivity contribution in [3.8, 4) is 0 Å². The molecule has 0 aromatic carbocycles. The molecule has 0 radical (unpaired) electrons. The highest BCUT2D eigenvalue weighted by Gasteiger charge is 2.52. The summed E-state index contributed by atoms with van der Waals surface area (Å²) in [5.41, 5.74) is 2.43. The highest BCUT2D eigenvalue weighted by atomic mass is 14.9. The smallest absolute Gasteiger partial charge is 0.00174 e. The Balaban J connectivity index is 1.83. The second kappa shape index (κ2) is 2.85. The first-order valence-corrected chi connectivity index (χ1v) is 6.10. The van der Waals surface area contributed by atoms with Crippen molar-refractivity contribution in [1.82, 2.24) is 5.32 Å². The summed E-state index contributed by atoms with van der Waals surface area (Å²) in [5, 5.41) is 3.49. The summed E-state index contributed by atoms with van der Waals surface area (Å²) in [7, 11) is 0. The maximum atomic E-state index is 3.49. The van der Waals surface area contributed by atoms with Crippen molar-refractivity contribution in [3.05, 3.63) is 11.6 Å². The maximum absolute atomic E-state index is 3.49. The molecule has 3 aliphatic carbocycles. The molecule has 2 fully saturated rings. The molecule has 1 aliphatic heterocycles. The Morgan fingerprint density at radius 1 is 1.43 bits per heavy atom. The molecule has 0 aromatic heterocycles. The minimum atomic E-state index is 0.618. The minimum absolute atomic E-state index is 0.618. The molecule has 1 saturated heterocycles. The molecule has 3 atom stereocenters. The summed E-state index contributed by atoms with van der Waals surface area (Å²) in [4.78, 5) is 0. The molecule has 1 saturated carbocycles. The third kappa shape index (κ3) is 1.05. The van der Waals surface area contributed by atoms with Crippen LogP contribution in [-0.4, -0.2) is 13.1 Å². The van der Waals surface area contributed by atoms with Crippen molar-refractivity contribution in [2.75, 3.05) is 13.1 Å². The van der Waals surface area contributed by atoms with Gasteiger partial charge in [0.15, 0.2) is 0 Å². The zero-order valence-electron chi connectivity index (χ0n) is 9.34. The Bertz CT molecular complexity index is 271. The van der Waals surface area contributed by atoms with Crippen LogP contribution in [0.25, 0.3) is 0 Å². The van der Waals surface area contributed by atoms with Gasteiger partial charge in [0.2, 0.25) is 0 Å². The molecule has 78 valence electrons. The summed E-state index contributed by atoms with van der Waals surface area (Å²) in [5.74, 6) is 2.79. The van der Waals surface area contributed by atoms with Crippen molar-refractivity contribution in [3.63, 3.8) is 0 Å². The molecule has 1 N–H and O–H groups in total. The lowest BCUT2D eigenvalue weighted by Crippen LogP contribution is -2.49. The fourth-order valence-corrected chi connectivity index (χ4v) is 3.79. The van der Waals surface area contributed by atoms with Gasteiger partial charge in [-0.05, 0) is 49.0 Å². The average molecular weight is 191 g/mol. The standard InChI is InChI=1S/C13H21N/c1-13(2)10-3-4-11(12(13)7-10)9-5-6-14-8-9/h4,9-10,12,14H,3,5-8H2,1-2H3. The van der Waals surface area contributed by atoms with E-state index < -0.39 is 0 Å². The molecule has 3 unspecified atom stereocenters. The molecule has 1 nitrogen and oxygen atoms in total. The Morgan fingerprint density at radius 3 is 2.86 bits per heavy atom. The molecular weight excluding hydrogens is 170 g/mol. The van der Waals surface area contributed by atoms with Gasteiger partial charge in [-0.2, -0.15) is 0 Å². The Kier molecular flexibility index (Phi) is 1.82. The zero-order chi connectivity index (χ0) is 9.76. The van der Waals surface area contributed by atoms with Gasteiger partial charge in [0, 0.05) is 6.54 Å². The second-order valence-corrected chi connectivity index (χ2v) is 5.94. The molecule has 0 amide bonds. The van der Waals surface area contributed by atoms with E-state index in [4.69, 9.17) is 0 Å². The maximum Gasteiger partial charge on any atom is 0.00174 e. The quantitative estimate of drug-likeness (QED) is 0.628. The van der Waals surface area contributed by atoms with E-state index in [1.807, 2.05) is 5.57 Å². The van der Waals surface area contributed by atoms with E-state index >= 15 is 0 Å². The van der Waals surface area contributed by atoms with E-state index in [-0.39, 0.29) is 0 Å². The lowest BCUT2D eigenvalue weighted by molar-refractivity contribution is -0.0122. The van der Waals surface area contributed by atoms with Crippen molar-refractivity contribution < 1.29 is 0 Å². The van der Waals surface area contributed by atoms with Crippen molar-refractivity contribution in [2.45, 2.75) is 33.1 Å². The average Bonchev–Trinajstić information content (AvgIpc) is 2.70. The summed E-state index contributed by atoms with van der Waals surface area (Å²) < 4.78 is 0. The number of allylic oxidation sites excluding steroid dienone is 1. The van der Waals surface area contributed by atoms with Crippen LogP contribution in [0.2, 0.25) is 0 Å². The fourth-order valence-electron chi connectivity index (χ4n) is 3.79. The van der Waals surface area contributed by atoms with E-state index in [1.54, 1.807) is 0 Å². The monoisotopic (exact) mass is 191 g/mol. The zero-order valence-corrected chi connectivity index (χ0v) is 9.34. The van der Waals surface area contributed by atoms with Gasteiger partial charge >= 0.3 is 0 Å². The molecule has 0 aromatic rings. The van der Waals surface area contributed by atoms with Gasteiger partial charge in [-0.1, -0.05) is 25.5 Å². The largest absolute Gasteiger partial charge is 0.316 e. The van der Waals surface area contributed by atoms with Gasteiger partial charge in [-0.3, -0.25) is 0 Å². The Hall–Kier alpha value is -0.300. The second-order valence-electron chi connectivity index (χ2n) is 5.94. The van der Waals surface area contributed by atoms with Crippen LogP contribution in [0.4, 0.5) is 0 Å². The van der Waals surface area contributed by atoms with E-state index in [0.717, 1.165) is 17.8 Å². The molecular formula is C13H21N. The van der Waals surface area contributed by atoms with E-state index in [9.17, 15) is 0 Å². The minimum Gasteiger partial charge on any atom is -0.316 e. The SMILES string of the molecule is CC1(C)C2CC=C(C3CCNC3)C1C2. The highest BCUT2D eigenvalue weighted by molar-refractivity contribution is 5.26. The van der Waals surface area contributed by atoms with E-state index in [2.05, 4.69) is 25.2 Å². The normalized spacial score (nSPS) is 44.4. The summed E-state index contributed by atoms with van der Waals surface area (Å²) in [6.07, 6.45) is 6.79. The summed E-state index contributed by atoms with van der Waals surface area (Å²) >= 11 is 0. The number of nitrogens with one attached hydrogen (secondary N) is 1. The lowest BCUT2D eigenvalue weighted by Gasteiger charge is -2.57. The number of rotatable bonds is 1. The van der Waals surface area contributed by atoms with Crippen LogP contribution in [0, 0.1) is 23.2 Å². The van der Waals surface area contributed by atoms with Gasteiger partial charge in [0.05, 0.1) is 0 Å². The van der Waals surface area contributed by atoms with Crippen LogP contribution < -0.4 is 5.32 Å². The van der Waals surface area contributed by atoms with E-state index in [0.29, 0.717) is 5.41 Å². The molecule has 1 heteroatoms. The third-order valence-electron chi connectivity index (χ3n) is 5.04. The predicted molar refractivity (Wildman–Crippen MR) is 59.1 cm³/mol. The van der Waals surface area contributed by atoms with Crippen LogP contribution in [-0.2, 0) is 0 Å². The lowest BCUT2D eigenvalue weighted by atomic mass is 9.47. The molecule has 14 heavy (non-hydrogen) atoms. The van der Waals surface area contributed by atoms with Gasteiger partial charge < -0.3 is 5.32 Å². The number of hydrogen-bond acceptors (Lipinski definition) is 1. The van der Waals surface area contributed by atoms with Crippen LogP contribution in [0.3, 0.4) is 0 Å². The topological polar surface area (TPSA) is 12.0 Å². The van der Waals surface area contributed by atoms with Crippen LogP contribution in [0.5, 0.6) is 0 Å². The molecule has 2 bridgehead atoms. The number of fused-ring (bicyclic) bond motifs is 1. The molecule has 1 heterocycles. The van der Waals surface area contributed by atoms with Gasteiger partial charge in [0.25, 0.3) is 0 Å². The van der Waals surface area contributed by atoms with Crippen molar-refractivity contribution in [2.24, 2.45) is 23.2 Å². The predicted octanol–water partition coefficient (Wildman–Crippen LogP) is 2.59. The first kappa shape index (κ1) is 8.96. The van der Waals surface area contributed by atoms with Gasteiger partial charge in [-0.15, -0.1) is 0 Å². The molecule has 4 aliphatic rings. The number of hydrogen-bond donors (Lipinski definition) is 1. The first-order chi connectivity index (χ1) is 6.69.